The van der Waals surface area contributed by atoms with Gasteiger partial charge in [-0.05, 0) is 68.1 Å². The summed E-state index contributed by atoms with van der Waals surface area (Å²) >= 11 is 0. The highest BCUT2D eigenvalue weighted by Gasteiger charge is 2.35. The molecule has 0 bridgehead atoms. The molecule has 1 aliphatic rings. The molecule has 2 amide bonds. The summed E-state index contributed by atoms with van der Waals surface area (Å²) in [5, 5.41) is 3.17. The molecule has 1 aliphatic carbocycles. The van der Waals surface area contributed by atoms with Crippen LogP contribution in [0.1, 0.15) is 56.6 Å². The van der Waals surface area contributed by atoms with Crippen molar-refractivity contribution in [1.29, 1.82) is 0 Å². The molecule has 0 radical (unpaired) electrons. The van der Waals surface area contributed by atoms with Gasteiger partial charge in [0.2, 0.25) is 11.8 Å². The van der Waals surface area contributed by atoms with Crippen molar-refractivity contribution < 1.29 is 32.2 Å². The zero-order valence-electron chi connectivity index (χ0n) is 27.3. The van der Waals surface area contributed by atoms with Crippen LogP contribution < -0.4 is 23.8 Å². The second-order valence-electron chi connectivity index (χ2n) is 11.5. The number of aryl methyl sites for hydroxylation is 1. The molecule has 0 saturated heterocycles. The fourth-order valence-corrected chi connectivity index (χ4v) is 7.15. The van der Waals surface area contributed by atoms with Crippen molar-refractivity contribution in [2.75, 3.05) is 32.2 Å². The lowest BCUT2D eigenvalue weighted by Crippen LogP contribution is -2.54. The summed E-state index contributed by atoms with van der Waals surface area (Å²) in [5.74, 6) is 0.503. The number of carbonyl (C=O) groups is 2. The van der Waals surface area contributed by atoms with Crippen molar-refractivity contribution in [2.24, 2.45) is 0 Å². The number of benzene rings is 3. The fraction of sp³-hybridized carbons (Fsp3) is 0.429. The van der Waals surface area contributed by atoms with Gasteiger partial charge in [0.05, 0.1) is 31.9 Å². The fourth-order valence-electron chi connectivity index (χ4n) is 5.73. The number of hydrogen-bond acceptors (Lipinski definition) is 7. The second kappa shape index (κ2) is 15.8. The van der Waals surface area contributed by atoms with Crippen LogP contribution in [0.15, 0.2) is 71.6 Å². The molecule has 248 valence electrons. The quantitative estimate of drug-likeness (QED) is 0.246. The molecule has 11 heteroatoms. The van der Waals surface area contributed by atoms with Crippen LogP contribution in [0.25, 0.3) is 0 Å². The number of carbonyl (C=O) groups excluding carboxylic acids is 2. The Morgan fingerprint density at radius 3 is 2.09 bits per heavy atom. The molecule has 1 atom stereocenters. The lowest BCUT2D eigenvalue weighted by atomic mass is 9.95. The van der Waals surface area contributed by atoms with E-state index in [4.69, 9.17) is 14.2 Å². The van der Waals surface area contributed by atoms with E-state index < -0.39 is 28.5 Å². The zero-order chi connectivity index (χ0) is 33.3. The van der Waals surface area contributed by atoms with Gasteiger partial charge in [-0.25, -0.2) is 8.42 Å². The summed E-state index contributed by atoms with van der Waals surface area (Å²) in [5.41, 5.74) is 1.80. The largest absolute Gasteiger partial charge is 0.497 e. The first-order valence-electron chi connectivity index (χ1n) is 15.7. The van der Waals surface area contributed by atoms with Crippen molar-refractivity contribution in [3.05, 3.63) is 77.9 Å². The molecule has 0 unspecified atom stereocenters. The second-order valence-corrected chi connectivity index (χ2v) is 13.4. The van der Waals surface area contributed by atoms with E-state index in [1.807, 2.05) is 26.0 Å². The average molecular weight is 652 g/mol. The van der Waals surface area contributed by atoms with Gasteiger partial charge in [-0.15, -0.1) is 0 Å². The van der Waals surface area contributed by atoms with Gasteiger partial charge in [-0.3, -0.25) is 13.9 Å². The summed E-state index contributed by atoms with van der Waals surface area (Å²) in [6.07, 6.45) is 5.37. The number of sulfonamides is 1. The van der Waals surface area contributed by atoms with Crippen LogP contribution in [0.4, 0.5) is 5.69 Å². The lowest BCUT2D eigenvalue weighted by molar-refractivity contribution is -0.140. The summed E-state index contributed by atoms with van der Waals surface area (Å²) in [6, 6.07) is 17.7. The van der Waals surface area contributed by atoms with Gasteiger partial charge in [0.25, 0.3) is 10.0 Å². The molecule has 3 aromatic carbocycles. The first-order valence-corrected chi connectivity index (χ1v) is 17.1. The third kappa shape index (κ3) is 8.31. The number of ether oxygens (including phenoxy) is 3. The van der Waals surface area contributed by atoms with Gasteiger partial charge in [-0.1, -0.05) is 56.0 Å². The van der Waals surface area contributed by atoms with Crippen LogP contribution in [0, 0.1) is 6.92 Å². The highest BCUT2D eigenvalue weighted by Crippen LogP contribution is 2.36. The first-order chi connectivity index (χ1) is 22.1. The van der Waals surface area contributed by atoms with Crippen molar-refractivity contribution >= 4 is 27.5 Å². The average Bonchev–Trinajstić information content (AvgIpc) is 3.07. The Morgan fingerprint density at radius 1 is 0.870 bits per heavy atom. The summed E-state index contributed by atoms with van der Waals surface area (Å²) < 4.78 is 45.9. The minimum absolute atomic E-state index is 0.0135. The standard InChI is InChI=1S/C35H45N3O7S/c1-6-31(35(40)36-27-10-8-7-9-11-27)37(23-26-14-16-28(43-3)17-15-26)34(39)24-38(32-22-29(44-4)18-21-33(32)45-5)46(41,42)30-19-12-25(2)13-20-30/h12-22,27,31H,6-11,23-24H2,1-5H3,(H,36,40)/t31-/m0/s1. The SMILES string of the molecule is CC[C@@H](C(=O)NC1CCCCC1)N(Cc1ccc(OC)cc1)C(=O)CN(c1cc(OC)ccc1OC)S(=O)(=O)c1ccc(C)cc1. The van der Waals surface area contributed by atoms with E-state index in [1.165, 1.54) is 37.3 Å². The summed E-state index contributed by atoms with van der Waals surface area (Å²) in [7, 11) is 0.200. The van der Waals surface area contributed by atoms with Gasteiger partial charge >= 0.3 is 0 Å². The molecular weight excluding hydrogens is 606 g/mol. The number of methoxy groups -OCH3 is 3. The van der Waals surface area contributed by atoms with E-state index in [2.05, 4.69) is 5.32 Å². The highest BCUT2D eigenvalue weighted by molar-refractivity contribution is 7.92. The van der Waals surface area contributed by atoms with Crippen LogP contribution >= 0.6 is 0 Å². The minimum Gasteiger partial charge on any atom is -0.497 e. The number of rotatable bonds is 14. The van der Waals surface area contributed by atoms with Gasteiger partial charge in [0.15, 0.2) is 0 Å². The Labute approximate surface area is 272 Å². The highest BCUT2D eigenvalue weighted by atomic mass is 32.2. The number of anilines is 1. The van der Waals surface area contributed by atoms with Crippen molar-refractivity contribution in [1.82, 2.24) is 10.2 Å². The molecule has 4 rings (SSSR count). The number of nitrogens with one attached hydrogen (secondary N) is 1. The first kappa shape index (κ1) is 34.6. The normalized spacial score (nSPS) is 14.2. The van der Waals surface area contributed by atoms with Crippen molar-refractivity contribution in [3.8, 4) is 17.2 Å². The number of nitrogens with zero attached hydrogens (tertiary/aromatic N) is 2. The summed E-state index contributed by atoms with van der Waals surface area (Å²) in [4.78, 5) is 29.7. The predicted molar refractivity (Wildman–Crippen MR) is 178 cm³/mol. The molecule has 0 aliphatic heterocycles. The Balaban J connectivity index is 1.77. The van der Waals surface area contributed by atoms with E-state index in [-0.39, 0.29) is 34.8 Å². The molecule has 10 nitrogen and oxygen atoms in total. The van der Waals surface area contributed by atoms with Crippen LogP contribution in [0.2, 0.25) is 0 Å². The molecule has 1 N–H and O–H groups in total. The molecule has 1 saturated carbocycles. The number of amides is 2. The monoisotopic (exact) mass is 651 g/mol. The van der Waals surface area contributed by atoms with E-state index in [1.54, 1.807) is 43.5 Å². The smallest absolute Gasteiger partial charge is 0.264 e. The Bertz CT molecular complexity index is 1570. The van der Waals surface area contributed by atoms with Crippen molar-refractivity contribution in [3.63, 3.8) is 0 Å². The third-order valence-corrected chi connectivity index (χ3v) is 10.2. The third-order valence-electron chi connectivity index (χ3n) is 8.39. The van der Waals surface area contributed by atoms with E-state index in [0.717, 1.165) is 47.5 Å². The zero-order valence-corrected chi connectivity index (χ0v) is 28.1. The lowest BCUT2D eigenvalue weighted by Gasteiger charge is -2.34. The van der Waals surface area contributed by atoms with Crippen LogP contribution in [0.5, 0.6) is 17.2 Å². The van der Waals surface area contributed by atoms with Gasteiger partial charge < -0.3 is 24.4 Å². The summed E-state index contributed by atoms with van der Waals surface area (Å²) in [6.45, 7) is 3.23. The van der Waals surface area contributed by atoms with Crippen LogP contribution in [0.3, 0.4) is 0 Å². The number of hydrogen-bond donors (Lipinski definition) is 1. The maximum absolute atomic E-state index is 14.5. The minimum atomic E-state index is -4.28. The predicted octanol–water partition coefficient (Wildman–Crippen LogP) is 5.47. The van der Waals surface area contributed by atoms with Gasteiger partial charge in [0, 0.05) is 18.7 Å². The van der Waals surface area contributed by atoms with E-state index >= 15 is 0 Å². The van der Waals surface area contributed by atoms with Gasteiger partial charge in [-0.2, -0.15) is 0 Å². The molecule has 0 heterocycles. The maximum Gasteiger partial charge on any atom is 0.264 e. The molecule has 3 aromatic rings. The van der Waals surface area contributed by atoms with Crippen LogP contribution in [-0.2, 0) is 26.2 Å². The Morgan fingerprint density at radius 2 is 1.50 bits per heavy atom. The maximum atomic E-state index is 14.5. The molecule has 1 fully saturated rings. The molecule has 46 heavy (non-hydrogen) atoms. The Kier molecular flexibility index (Phi) is 11.9. The Hall–Kier alpha value is -4.25. The van der Waals surface area contributed by atoms with E-state index in [9.17, 15) is 18.0 Å². The van der Waals surface area contributed by atoms with E-state index in [0.29, 0.717) is 17.9 Å². The molecule has 0 spiro atoms. The molecule has 0 aromatic heterocycles. The molecular formula is C35H45N3O7S. The van der Waals surface area contributed by atoms with Crippen LogP contribution in [-0.4, -0.2) is 65.1 Å². The topological polar surface area (TPSA) is 114 Å². The van der Waals surface area contributed by atoms with Gasteiger partial charge in [0.1, 0.15) is 29.8 Å². The van der Waals surface area contributed by atoms with Crippen molar-refractivity contribution in [2.45, 2.75) is 75.9 Å².